The predicted octanol–water partition coefficient (Wildman–Crippen LogP) is 3.14. The first kappa shape index (κ1) is 12.8. The normalized spacial score (nSPS) is 18.0. The van der Waals surface area contributed by atoms with Crippen LogP contribution in [-0.2, 0) is 11.3 Å². The molecule has 96 valence electrons. The Balaban J connectivity index is 1.88. The van der Waals surface area contributed by atoms with E-state index in [0.717, 1.165) is 18.4 Å². The van der Waals surface area contributed by atoms with Crippen LogP contribution in [0.5, 0.6) is 0 Å². The summed E-state index contributed by atoms with van der Waals surface area (Å²) < 4.78 is 13.0. The molecule has 18 heavy (non-hydrogen) atoms. The zero-order valence-corrected chi connectivity index (χ0v) is 10.6. The summed E-state index contributed by atoms with van der Waals surface area (Å²) in [4.78, 5) is 13.7. The molecule has 0 saturated heterocycles. The molecule has 0 fully saturated rings. The van der Waals surface area contributed by atoms with Gasteiger partial charge in [-0.3, -0.25) is 4.79 Å². The number of hydrogen-bond acceptors (Lipinski definition) is 1. The minimum atomic E-state index is -0.257. The fraction of sp³-hybridized carbons (Fsp3) is 0.400. The summed E-state index contributed by atoms with van der Waals surface area (Å²) in [5.74, 6) is 0.246. The smallest absolute Gasteiger partial charge is 0.223 e. The van der Waals surface area contributed by atoms with Gasteiger partial charge < -0.3 is 4.90 Å². The monoisotopic (exact) mass is 247 g/mol. The molecule has 1 aromatic carbocycles. The molecule has 1 aliphatic rings. The van der Waals surface area contributed by atoms with Gasteiger partial charge in [0, 0.05) is 20.0 Å². The van der Waals surface area contributed by atoms with Crippen LogP contribution >= 0.6 is 0 Å². The Bertz CT molecular complexity index is 456. The number of allylic oxidation sites excluding steroid dienone is 2. The highest BCUT2D eigenvalue weighted by atomic mass is 19.1. The van der Waals surface area contributed by atoms with E-state index in [1.165, 1.54) is 12.1 Å². The molecule has 0 aromatic heterocycles. The van der Waals surface area contributed by atoms with Gasteiger partial charge in [-0.1, -0.05) is 24.3 Å². The Kier molecular flexibility index (Phi) is 4.13. The van der Waals surface area contributed by atoms with Crippen molar-refractivity contribution in [3.05, 3.63) is 47.8 Å². The average Bonchev–Trinajstić information content (AvgIpc) is 2.81. The van der Waals surface area contributed by atoms with Crippen LogP contribution in [0.15, 0.2) is 36.4 Å². The summed E-state index contributed by atoms with van der Waals surface area (Å²) in [5.41, 5.74) is 0.827. The van der Waals surface area contributed by atoms with E-state index in [1.807, 2.05) is 6.07 Å². The second-order valence-electron chi connectivity index (χ2n) is 4.85. The third-order valence-corrected chi connectivity index (χ3v) is 3.28. The Morgan fingerprint density at radius 2 is 2.33 bits per heavy atom. The van der Waals surface area contributed by atoms with Crippen LogP contribution in [0, 0.1) is 11.7 Å². The second kappa shape index (κ2) is 5.80. The Morgan fingerprint density at radius 1 is 1.50 bits per heavy atom. The van der Waals surface area contributed by atoms with Gasteiger partial charge in [0.2, 0.25) is 5.91 Å². The van der Waals surface area contributed by atoms with Gasteiger partial charge in [0.05, 0.1) is 0 Å². The molecular formula is C15H18FNO. The number of hydrogen-bond donors (Lipinski definition) is 0. The summed E-state index contributed by atoms with van der Waals surface area (Å²) in [7, 11) is 1.77. The van der Waals surface area contributed by atoms with Crippen molar-refractivity contribution >= 4 is 5.91 Å². The molecule has 0 N–H and O–H groups in total. The zero-order valence-electron chi connectivity index (χ0n) is 10.6. The highest BCUT2D eigenvalue weighted by Crippen LogP contribution is 2.21. The van der Waals surface area contributed by atoms with Gasteiger partial charge in [0.15, 0.2) is 0 Å². The Morgan fingerprint density at radius 3 is 3.00 bits per heavy atom. The fourth-order valence-corrected chi connectivity index (χ4v) is 2.24. The maximum Gasteiger partial charge on any atom is 0.223 e. The highest BCUT2D eigenvalue weighted by Gasteiger charge is 2.17. The topological polar surface area (TPSA) is 20.3 Å². The number of rotatable bonds is 4. The van der Waals surface area contributed by atoms with Crippen molar-refractivity contribution in [1.82, 2.24) is 4.90 Å². The molecule has 1 aromatic rings. The quantitative estimate of drug-likeness (QED) is 0.748. The van der Waals surface area contributed by atoms with Crippen molar-refractivity contribution < 1.29 is 9.18 Å². The lowest BCUT2D eigenvalue weighted by Crippen LogP contribution is -2.27. The molecular weight excluding hydrogens is 229 g/mol. The third-order valence-electron chi connectivity index (χ3n) is 3.28. The van der Waals surface area contributed by atoms with Crippen molar-refractivity contribution in [2.75, 3.05) is 7.05 Å². The first-order chi connectivity index (χ1) is 8.65. The van der Waals surface area contributed by atoms with Crippen LogP contribution in [-0.4, -0.2) is 17.9 Å². The van der Waals surface area contributed by atoms with Gasteiger partial charge in [-0.25, -0.2) is 4.39 Å². The van der Waals surface area contributed by atoms with Gasteiger partial charge >= 0.3 is 0 Å². The zero-order chi connectivity index (χ0) is 13.0. The van der Waals surface area contributed by atoms with Crippen LogP contribution in [0.2, 0.25) is 0 Å². The van der Waals surface area contributed by atoms with Crippen LogP contribution in [0.3, 0.4) is 0 Å². The van der Waals surface area contributed by atoms with E-state index >= 15 is 0 Å². The summed E-state index contributed by atoms with van der Waals surface area (Å²) in [6.45, 7) is 0.465. The van der Waals surface area contributed by atoms with E-state index in [2.05, 4.69) is 12.2 Å². The van der Waals surface area contributed by atoms with Gasteiger partial charge in [-0.05, 0) is 36.5 Å². The van der Waals surface area contributed by atoms with Gasteiger partial charge in [-0.15, -0.1) is 0 Å². The van der Waals surface area contributed by atoms with Gasteiger partial charge in [0.1, 0.15) is 5.82 Å². The maximum absolute atomic E-state index is 13.0. The lowest BCUT2D eigenvalue weighted by molar-refractivity contribution is -0.131. The van der Waals surface area contributed by atoms with Crippen LogP contribution < -0.4 is 0 Å². The van der Waals surface area contributed by atoms with E-state index in [1.54, 1.807) is 18.0 Å². The van der Waals surface area contributed by atoms with Crippen LogP contribution in [0.25, 0.3) is 0 Å². The number of benzene rings is 1. The van der Waals surface area contributed by atoms with Crippen molar-refractivity contribution in [1.29, 1.82) is 0 Å². The molecule has 0 saturated carbocycles. The molecule has 0 heterocycles. The molecule has 1 atom stereocenters. The summed E-state index contributed by atoms with van der Waals surface area (Å²) >= 11 is 0. The molecule has 3 heteroatoms. The lowest BCUT2D eigenvalue weighted by Gasteiger charge is -2.19. The number of carbonyl (C=O) groups excluding carboxylic acids is 1. The highest BCUT2D eigenvalue weighted by molar-refractivity contribution is 5.76. The molecule has 1 amide bonds. The largest absolute Gasteiger partial charge is 0.341 e. The molecule has 2 rings (SSSR count). The lowest BCUT2D eigenvalue weighted by atomic mass is 10.0. The van der Waals surface area contributed by atoms with Crippen molar-refractivity contribution in [3.63, 3.8) is 0 Å². The van der Waals surface area contributed by atoms with E-state index in [9.17, 15) is 9.18 Å². The standard InChI is InChI=1S/C15H18FNO/c1-17(11-13-7-4-8-14(16)9-13)15(18)10-12-5-2-3-6-12/h2,4-5,7-9,12H,3,6,10-11H2,1H3/t12-/m0/s1. The van der Waals surface area contributed by atoms with Crippen molar-refractivity contribution in [2.24, 2.45) is 5.92 Å². The third kappa shape index (κ3) is 3.42. The van der Waals surface area contributed by atoms with Crippen molar-refractivity contribution in [2.45, 2.75) is 25.8 Å². The predicted molar refractivity (Wildman–Crippen MR) is 69.4 cm³/mol. The van der Waals surface area contributed by atoms with Gasteiger partial charge in [-0.2, -0.15) is 0 Å². The molecule has 1 aliphatic carbocycles. The fourth-order valence-electron chi connectivity index (χ4n) is 2.24. The van der Waals surface area contributed by atoms with E-state index < -0.39 is 0 Å². The Labute approximate surface area is 107 Å². The molecule has 0 aliphatic heterocycles. The van der Waals surface area contributed by atoms with E-state index in [4.69, 9.17) is 0 Å². The number of amides is 1. The molecule has 2 nitrogen and oxygen atoms in total. The minimum Gasteiger partial charge on any atom is -0.341 e. The van der Waals surface area contributed by atoms with E-state index in [0.29, 0.717) is 18.9 Å². The second-order valence-corrected chi connectivity index (χ2v) is 4.85. The minimum absolute atomic E-state index is 0.121. The number of carbonyl (C=O) groups is 1. The SMILES string of the molecule is CN(Cc1cccc(F)c1)C(=O)C[C@H]1C=CCC1. The molecule has 0 bridgehead atoms. The number of nitrogens with zero attached hydrogens (tertiary/aromatic N) is 1. The first-order valence-electron chi connectivity index (χ1n) is 6.30. The van der Waals surface area contributed by atoms with Gasteiger partial charge in [0.25, 0.3) is 0 Å². The van der Waals surface area contributed by atoms with Crippen molar-refractivity contribution in [3.8, 4) is 0 Å². The molecule has 0 radical (unpaired) electrons. The van der Waals surface area contributed by atoms with Crippen LogP contribution in [0.4, 0.5) is 4.39 Å². The summed E-state index contributed by atoms with van der Waals surface area (Å²) in [5, 5.41) is 0. The molecule has 0 spiro atoms. The van der Waals surface area contributed by atoms with Crippen LogP contribution in [0.1, 0.15) is 24.8 Å². The maximum atomic E-state index is 13.0. The molecule has 0 unspecified atom stereocenters. The summed E-state index contributed by atoms with van der Waals surface area (Å²) in [6.07, 6.45) is 6.95. The first-order valence-corrected chi connectivity index (χ1v) is 6.30. The Hall–Kier alpha value is -1.64. The average molecular weight is 247 g/mol. The number of halogens is 1. The summed E-state index contributed by atoms with van der Waals surface area (Å²) in [6, 6.07) is 6.39. The van der Waals surface area contributed by atoms with E-state index in [-0.39, 0.29) is 11.7 Å².